The summed E-state index contributed by atoms with van der Waals surface area (Å²) in [5.41, 5.74) is 1.82. The predicted octanol–water partition coefficient (Wildman–Crippen LogP) is 2.25. The van der Waals surface area contributed by atoms with Gasteiger partial charge in [-0.3, -0.25) is 0 Å². The lowest BCUT2D eigenvalue weighted by Crippen LogP contribution is -2.37. The molecule has 21 heavy (non-hydrogen) atoms. The minimum absolute atomic E-state index is 0.0897. The number of anilines is 1. The summed E-state index contributed by atoms with van der Waals surface area (Å²) in [6.45, 7) is 6.12. The largest absolute Gasteiger partial charge is 0.394 e. The van der Waals surface area contributed by atoms with Crippen LogP contribution in [0, 0.1) is 5.92 Å². The quantitative estimate of drug-likeness (QED) is 0.893. The Balaban J connectivity index is 1.88. The molecule has 1 aromatic rings. The summed E-state index contributed by atoms with van der Waals surface area (Å²) in [4.78, 5) is 14.0. The zero-order valence-electron chi connectivity index (χ0n) is 12.7. The molecule has 1 saturated heterocycles. The monoisotopic (exact) mass is 290 g/mol. The summed E-state index contributed by atoms with van der Waals surface area (Å²) in [5, 5.41) is 15.4. The first-order valence-electron chi connectivity index (χ1n) is 7.56. The number of hydrogen-bond donors (Lipinski definition) is 2. The van der Waals surface area contributed by atoms with Crippen molar-refractivity contribution in [1.82, 2.24) is 10.6 Å². The third-order valence-corrected chi connectivity index (χ3v) is 3.87. The second kappa shape index (κ2) is 7.31. The van der Waals surface area contributed by atoms with Crippen molar-refractivity contribution >= 4 is 17.4 Å². The number of aliphatic hydroxyl groups is 1. The number of nitrogens with one attached hydrogen (secondary N) is 1. The highest BCUT2D eigenvalue weighted by Crippen LogP contribution is 2.24. The van der Waals surface area contributed by atoms with E-state index >= 15 is 0 Å². The van der Waals surface area contributed by atoms with Gasteiger partial charge in [0.15, 0.2) is 0 Å². The molecule has 0 spiro atoms. The van der Waals surface area contributed by atoms with Crippen LogP contribution in [0.15, 0.2) is 24.3 Å². The summed E-state index contributed by atoms with van der Waals surface area (Å²) in [6.07, 6.45) is 2.46. The Hall–Kier alpha value is -1.75. The van der Waals surface area contributed by atoms with E-state index in [9.17, 15) is 4.79 Å². The van der Waals surface area contributed by atoms with Crippen LogP contribution in [0.25, 0.3) is 0 Å². The van der Waals surface area contributed by atoms with Gasteiger partial charge in [0.25, 0.3) is 0 Å². The van der Waals surface area contributed by atoms with Crippen molar-refractivity contribution < 1.29 is 9.90 Å². The van der Waals surface area contributed by atoms with Gasteiger partial charge in [-0.05, 0) is 49.9 Å². The van der Waals surface area contributed by atoms with Gasteiger partial charge >= 0.3 is 6.03 Å². The fourth-order valence-corrected chi connectivity index (χ4v) is 2.41. The molecule has 1 atom stereocenters. The summed E-state index contributed by atoms with van der Waals surface area (Å²) >= 11 is 0. The lowest BCUT2D eigenvalue weighted by Gasteiger charge is -2.32. The number of urea groups is 1. The zero-order valence-corrected chi connectivity index (χ0v) is 12.7. The first-order chi connectivity index (χ1) is 10.1. The first-order valence-corrected chi connectivity index (χ1v) is 7.56. The Labute approximate surface area is 126 Å². The van der Waals surface area contributed by atoms with Gasteiger partial charge < -0.3 is 15.3 Å². The highest BCUT2D eigenvalue weighted by molar-refractivity contribution is 5.79. The minimum atomic E-state index is -0.420. The first kappa shape index (κ1) is 15.6. The van der Waals surface area contributed by atoms with E-state index in [1.807, 2.05) is 24.3 Å². The molecule has 0 saturated carbocycles. The van der Waals surface area contributed by atoms with E-state index < -0.39 is 6.03 Å². The third kappa shape index (κ3) is 4.63. The average Bonchev–Trinajstić information content (AvgIpc) is 2.48. The maximum absolute atomic E-state index is 11.6. The van der Waals surface area contributed by atoms with Crippen LogP contribution in [-0.4, -0.2) is 36.9 Å². The van der Waals surface area contributed by atoms with Gasteiger partial charge in [-0.2, -0.15) is 5.32 Å². The van der Waals surface area contributed by atoms with Gasteiger partial charge in [-0.1, -0.05) is 6.92 Å². The molecule has 0 aromatic heterocycles. The molecule has 5 heteroatoms. The van der Waals surface area contributed by atoms with E-state index in [1.54, 1.807) is 6.92 Å². The summed E-state index contributed by atoms with van der Waals surface area (Å²) in [5.74, 6) is 0.813. The molecule has 0 aliphatic carbocycles. The van der Waals surface area contributed by atoms with Crippen LogP contribution in [-0.2, 0) is 0 Å². The molecule has 1 heterocycles. The van der Waals surface area contributed by atoms with Gasteiger partial charge in [-0.25, -0.2) is 4.79 Å². The highest BCUT2D eigenvalue weighted by atomic mass is 16.3. The number of hydrogen-bond acceptors (Lipinski definition) is 3. The molecule has 0 unspecified atom stereocenters. The molecule has 0 bridgehead atoms. The zero-order chi connectivity index (χ0) is 15.2. The Morgan fingerprint density at radius 2 is 2.00 bits per heavy atom. The van der Waals surface area contributed by atoms with Crippen LogP contribution in [0.3, 0.4) is 0 Å². The standard InChI is InChI=1S/C16H24N3O2/c1-12-7-9-19(10-8-12)15-5-3-14(4-6-15)18-16(21)17-13(2)11-20/h3-6,12-13,20H,7-11H2,1-2H3,(H,17,21)/t13-/m0/s1. The van der Waals surface area contributed by atoms with Gasteiger partial charge in [0.2, 0.25) is 0 Å². The highest BCUT2D eigenvalue weighted by Gasteiger charge is 2.16. The topological polar surface area (TPSA) is 66.7 Å². The number of carbonyl (C=O) groups excluding carboxylic acids is 1. The van der Waals surface area contributed by atoms with Gasteiger partial charge in [0.1, 0.15) is 0 Å². The SMILES string of the molecule is CC1CCN(c2ccc([N]C(=O)N[C@@H](C)CO)cc2)CC1. The van der Waals surface area contributed by atoms with Gasteiger partial charge in [0, 0.05) is 18.8 Å². The number of aliphatic hydroxyl groups excluding tert-OH is 1. The second-order valence-electron chi connectivity index (χ2n) is 5.83. The summed E-state index contributed by atoms with van der Waals surface area (Å²) in [7, 11) is 0. The molecule has 1 aliphatic heterocycles. The second-order valence-corrected chi connectivity index (χ2v) is 5.83. The van der Waals surface area contributed by atoms with Crippen molar-refractivity contribution in [2.75, 3.05) is 24.6 Å². The lowest BCUT2D eigenvalue weighted by atomic mass is 9.99. The number of benzene rings is 1. The maximum atomic E-state index is 11.6. The molecule has 115 valence electrons. The van der Waals surface area contributed by atoms with Crippen molar-refractivity contribution in [3.8, 4) is 0 Å². The summed E-state index contributed by atoms with van der Waals surface area (Å²) < 4.78 is 0. The molecule has 2 N–H and O–H groups in total. The lowest BCUT2D eigenvalue weighted by molar-refractivity contribution is 0.223. The normalized spacial score (nSPS) is 17.4. The fourth-order valence-electron chi connectivity index (χ4n) is 2.41. The average molecular weight is 290 g/mol. The molecular formula is C16H24N3O2. The maximum Gasteiger partial charge on any atom is 0.341 e. The number of nitrogens with zero attached hydrogens (tertiary/aromatic N) is 2. The number of piperidine rings is 1. The molecular weight excluding hydrogens is 266 g/mol. The minimum Gasteiger partial charge on any atom is -0.394 e. The molecule has 1 aromatic carbocycles. The Morgan fingerprint density at radius 3 is 2.57 bits per heavy atom. The summed E-state index contributed by atoms with van der Waals surface area (Å²) in [6, 6.07) is 7.04. The van der Waals surface area contributed by atoms with E-state index in [4.69, 9.17) is 5.11 Å². The van der Waals surface area contributed by atoms with E-state index in [-0.39, 0.29) is 12.6 Å². The van der Waals surface area contributed by atoms with E-state index in [0.29, 0.717) is 5.69 Å². The van der Waals surface area contributed by atoms with E-state index in [1.165, 1.54) is 18.5 Å². The van der Waals surface area contributed by atoms with Crippen molar-refractivity contribution in [3.63, 3.8) is 0 Å². The van der Waals surface area contributed by atoms with E-state index in [2.05, 4.69) is 22.5 Å². The van der Waals surface area contributed by atoms with Gasteiger partial charge in [-0.15, -0.1) is 0 Å². The van der Waals surface area contributed by atoms with Crippen LogP contribution < -0.4 is 15.5 Å². The molecule has 1 aliphatic rings. The number of rotatable bonds is 4. The molecule has 2 amide bonds. The Morgan fingerprint density at radius 1 is 1.38 bits per heavy atom. The van der Waals surface area contributed by atoms with Crippen LogP contribution >= 0.6 is 0 Å². The van der Waals surface area contributed by atoms with Crippen molar-refractivity contribution in [1.29, 1.82) is 0 Å². The molecule has 1 fully saturated rings. The van der Waals surface area contributed by atoms with Crippen molar-refractivity contribution in [3.05, 3.63) is 24.3 Å². The smallest absolute Gasteiger partial charge is 0.341 e. The van der Waals surface area contributed by atoms with Crippen LogP contribution in [0.1, 0.15) is 26.7 Å². The molecule has 1 radical (unpaired) electrons. The van der Waals surface area contributed by atoms with E-state index in [0.717, 1.165) is 19.0 Å². The number of carbonyl (C=O) groups is 1. The number of amides is 2. The Bertz CT molecular complexity index is 453. The van der Waals surface area contributed by atoms with Crippen molar-refractivity contribution in [2.45, 2.75) is 32.7 Å². The van der Waals surface area contributed by atoms with Crippen LogP contribution in [0.2, 0.25) is 0 Å². The Kier molecular flexibility index (Phi) is 5.44. The molecule has 5 nitrogen and oxygen atoms in total. The third-order valence-electron chi connectivity index (χ3n) is 3.87. The van der Waals surface area contributed by atoms with Gasteiger partial charge in [0.05, 0.1) is 18.3 Å². The fraction of sp³-hybridized carbons (Fsp3) is 0.562. The molecule has 2 rings (SSSR count). The predicted molar refractivity (Wildman–Crippen MR) is 83.9 cm³/mol. The van der Waals surface area contributed by atoms with Crippen LogP contribution in [0.4, 0.5) is 16.2 Å². The van der Waals surface area contributed by atoms with Crippen LogP contribution in [0.5, 0.6) is 0 Å². The van der Waals surface area contributed by atoms with Crippen molar-refractivity contribution in [2.24, 2.45) is 5.92 Å².